The molecule has 0 heterocycles. The van der Waals surface area contributed by atoms with E-state index in [9.17, 15) is 4.79 Å². The van der Waals surface area contributed by atoms with Gasteiger partial charge in [-0.2, -0.15) is 0 Å². The number of carbonyl (C=O) groups is 1. The smallest absolute Gasteiger partial charge is 0.255 e. The minimum atomic E-state index is -0.287. The summed E-state index contributed by atoms with van der Waals surface area (Å²) in [6.45, 7) is 2.65. The van der Waals surface area contributed by atoms with Gasteiger partial charge < -0.3 is 29.0 Å². The number of anilines is 1. The van der Waals surface area contributed by atoms with Crippen molar-refractivity contribution in [2.45, 2.75) is 13.5 Å². The van der Waals surface area contributed by atoms with E-state index in [-0.39, 0.29) is 12.5 Å². The van der Waals surface area contributed by atoms with Crippen molar-refractivity contribution in [3.8, 4) is 28.7 Å². The Labute approximate surface area is 187 Å². The number of carbonyl (C=O) groups excluding carboxylic acids is 1. The molecule has 0 atom stereocenters. The fraction of sp³-hybridized carbons (Fsp3) is 0.240. The summed E-state index contributed by atoms with van der Waals surface area (Å²) in [6, 6.07) is 17.7. The number of hydrogen-bond acceptors (Lipinski definition) is 6. The molecule has 7 heteroatoms. The van der Waals surface area contributed by atoms with Gasteiger partial charge in [-0.3, -0.25) is 4.79 Å². The van der Waals surface area contributed by atoms with E-state index in [2.05, 4.69) is 5.32 Å². The number of methoxy groups -OCH3 is 3. The van der Waals surface area contributed by atoms with Gasteiger partial charge in [0.05, 0.1) is 33.6 Å². The van der Waals surface area contributed by atoms with Crippen LogP contribution >= 0.6 is 0 Å². The van der Waals surface area contributed by atoms with E-state index < -0.39 is 0 Å². The van der Waals surface area contributed by atoms with Gasteiger partial charge in [0.15, 0.2) is 0 Å². The van der Waals surface area contributed by atoms with Crippen LogP contribution in [0.1, 0.15) is 22.8 Å². The van der Waals surface area contributed by atoms with E-state index in [1.807, 2.05) is 31.2 Å². The summed E-state index contributed by atoms with van der Waals surface area (Å²) in [6.07, 6.45) is 0. The van der Waals surface area contributed by atoms with Crippen molar-refractivity contribution >= 4 is 11.6 Å². The molecule has 168 valence electrons. The third-order valence-electron chi connectivity index (χ3n) is 4.73. The predicted molar refractivity (Wildman–Crippen MR) is 122 cm³/mol. The lowest BCUT2D eigenvalue weighted by Crippen LogP contribution is -2.14. The van der Waals surface area contributed by atoms with Crippen LogP contribution in [0.5, 0.6) is 28.7 Å². The normalized spacial score (nSPS) is 10.2. The standard InChI is InChI=1S/C25H27NO6/c1-5-31-23-12-6-17(14-18(23)16-32-20-9-7-19(28-2)8-10-20)25(27)26-22-15-21(29-3)11-13-24(22)30-4/h6-15H,5,16H2,1-4H3,(H,26,27). The Morgan fingerprint density at radius 3 is 2.06 bits per heavy atom. The van der Waals surface area contributed by atoms with Crippen LogP contribution in [0.2, 0.25) is 0 Å². The lowest BCUT2D eigenvalue weighted by atomic mass is 10.1. The number of ether oxygens (including phenoxy) is 5. The van der Waals surface area contributed by atoms with Crippen molar-refractivity contribution in [3.05, 3.63) is 71.8 Å². The van der Waals surface area contributed by atoms with E-state index in [0.29, 0.717) is 40.9 Å². The zero-order valence-electron chi connectivity index (χ0n) is 18.6. The monoisotopic (exact) mass is 437 g/mol. The Morgan fingerprint density at radius 2 is 1.41 bits per heavy atom. The Bertz CT molecular complexity index is 1050. The van der Waals surface area contributed by atoms with Crippen LogP contribution in [-0.4, -0.2) is 33.8 Å². The number of nitrogens with one attached hydrogen (secondary N) is 1. The average molecular weight is 437 g/mol. The van der Waals surface area contributed by atoms with Crippen molar-refractivity contribution in [2.24, 2.45) is 0 Å². The van der Waals surface area contributed by atoms with Crippen LogP contribution in [0.3, 0.4) is 0 Å². The number of hydrogen-bond donors (Lipinski definition) is 1. The van der Waals surface area contributed by atoms with E-state index in [0.717, 1.165) is 11.3 Å². The Balaban J connectivity index is 1.80. The first-order chi connectivity index (χ1) is 15.6. The summed E-state index contributed by atoms with van der Waals surface area (Å²) < 4.78 is 27.4. The third-order valence-corrected chi connectivity index (χ3v) is 4.73. The van der Waals surface area contributed by atoms with Crippen molar-refractivity contribution in [2.75, 3.05) is 33.3 Å². The van der Waals surface area contributed by atoms with Gasteiger partial charge in [-0.15, -0.1) is 0 Å². The highest BCUT2D eigenvalue weighted by Gasteiger charge is 2.14. The fourth-order valence-electron chi connectivity index (χ4n) is 3.07. The van der Waals surface area contributed by atoms with Gasteiger partial charge in [-0.05, 0) is 61.5 Å². The van der Waals surface area contributed by atoms with E-state index >= 15 is 0 Å². The highest BCUT2D eigenvalue weighted by molar-refractivity contribution is 6.05. The lowest BCUT2D eigenvalue weighted by Gasteiger charge is -2.15. The second-order valence-electron chi connectivity index (χ2n) is 6.74. The van der Waals surface area contributed by atoms with Crippen LogP contribution in [-0.2, 0) is 6.61 Å². The van der Waals surface area contributed by atoms with Crippen LogP contribution < -0.4 is 29.0 Å². The second kappa shape index (κ2) is 10.9. The molecule has 1 amide bonds. The molecule has 0 aliphatic heterocycles. The molecule has 0 aromatic heterocycles. The maximum Gasteiger partial charge on any atom is 0.255 e. The van der Waals surface area contributed by atoms with Crippen LogP contribution in [0.15, 0.2) is 60.7 Å². The Hall–Kier alpha value is -3.87. The summed E-state index contributed by atoms with van der Waals surface area (Å²) in [4.78, 5) is 12.9. The molecule has 0 unspecified atom stereocenters. The summed E-state index contributed by atoms with van der Waals surface area (Å²) in [5, 5.41) is 2.88. The molecule has 0 fully saturated rings. The molecule has 3 aromatic carbocycles. The second-order valence-corrected chi connectivity index (χ2v) is 6.74. The summed E-state index contributed by atoms with van der Waals surface area (Å²) in [5.41, 5.74) is 1.74. The first-order valence-electron chi connectivity index (χ1n) is 10.1. The minimum Gasteiger partial charge on any atom is -0.497 e. The van der Waals surface area contributed by atoms with Crippen molar-refractivity contribution in [3.63, 3.8) is 0 Å². The predicted octanol–water partition coefficient (Wildman–Crippen LogP) is 4.94. The molecule has 0 spiro atoms. The van der Waals surface area contributed by atoms with Gasteiger partial charge in [0, 0.05) is 17.2 Å². The van der Waals surface area contributed by atoms with E-state index in [1.54, 1.807) is 57.7 Å². The Morgan fingerprint density at radius 1 is 0.750 bits per heavy atom. The summed E-state index contributed by atoms with van der Waals surface area (Å²) >= 11 is 0. The topological polar surface area (TPSA) is 75.3 Å². The quantitative estimate of drug-likeness (QED) is 0.484. The molecule has 0 bridgehead atoms. The average Bonchev–Trinajstić information content (AvgIpc) is 2.83. The molecule has 0 saturated heterocycles. The number of benzene rings is 3. The molecule has 7 nitrogen and oxygen atoms in total. The van der Waals surface area contributed by atoms with Gasteiger partial charge in [-0.1, -0.05) is 0 Å². The zero-order chi connectivity index (χ0) is 22.9. The SMILES string of the molecule is CCOc1ccc(C(=O)Nc2cc(OC)ccc2OC)cc1COc1ccc(OC)cc1. The molecule has 0 aliphatic rings. The van der Waals surface area contributed by atoms with Gasteiger partial charge in [-0.25, -0.2) is 0 Å². The molecule has 0 aliphatic carbocycles. The van der Waals surface area contributed by atoms with Gasteiger partial charge in [0.1, 0.15) is 35.4 Å². The fourth-order valence-corrected chi connectivity index (χ4v) is 3.07. The molecule has 3 rings (SSSR count). The third kappa shape index (κ3) is 5.63. The molecule has 0 radical (unpaired) electrons. The van der Waals surface area contributed by atoms with Crippen LogP contribution in [0.4, 0.5) is 5.69 Å². The van der Waals surface area contributed by atoms with Crippen LogP contribution in [0.25, 0.3) is 0 Å². The molecule has 1 N–H and O–H groups in total. The van der Waals surface area contributed by atoms with E-state index in [4.69, 9.17) is 23.7 Å². The number of rotatable bonds is 10. The summed E-state index contributed by atoms with van der Waals surface area (Å²) in [7, 11) is 4.72. The first-order valence-corrected chi connectivity index (χ1v) is 10.1. The highest BCUT2D eigenvalue weighted by Crippen LogP contribution is 2.30. The molecule has 3 aromatic rings. The molecular weight excluding hydrogens is 410 g/mol. The van der Waals surface area contributed by atoms with Crippen molar-refractivity contribution in [1.82, 2.24) is 0 Å². The molecule has 32 heavy (non-hydrogen) atoms. The first kappa shape index (κ1) is 22.8. The zero-order valence-corrected chi connectivity index (χ0v) is 18.6. The minimum absolute atomic E-state index is 0.241. The lowest BCUT2D eigenvalue weighted by molar-refractivity contribution is 0.102. The van der Waals surface area contributed by atoms with Gasteiger partial charge >= 0.3 is 0 Å². The molecular formula is C25H27NO6. The van der Waals surface area contributed by atoms with Crippen molar-refractivity contribution in [1.29, 1.82) is 0 Å². The maximum atomic E-state index is 12.9. The largest absolute Gasteiger partial charge is 0.497 e. The summed E-state index contributed by atoms with van der Waals surface area (Å²) in [5.74, 6) is 2.96. The van der Waals surface area contributed by atoms with Crippen molar-refractivity contribution < 1.29 is 28.5 Å². The molecule has 0 saturated carbocycles. The number of amides is 1. The highest BCUT2D eigenvalue weighted by atomic mass is 16.5. The maximum absolute atomic E-state index is 12.9. The van der Waals surface area contributed by atoms with E-state index in [1.165, 1.54) is 0 Å². The van der Waals surface area contributed by atoms with Crippen LogP contribution in [0, 0.1) is 0 Å². The van der Waals surface area contributed by atoms with Gasteiger partial charge in [0.2, 0.25) is 0 Å². The Kier molecular flexibility index (Phi) is 7.80. The van der Waals surface area contributed by atoms with Gasteiger partial charge in [0.25, 0.3) is 5.91 Å².